The van der Waals surface area contributed by atoms with Gasteiger partial charge in [-0.05, 0) is 79.4 Å². The first-order valence-electron chi connectivity index (χ1n) is 11.6. The summed E-state index contributed by atoms with van der Waals surface area (Å²) in [6, 6.07) is 19.0. The number of hydrogen-bond donors (Lipinski definition) is 1. The van der Waals surface area contributed by atoms with E-state index in [2.05, 4.69) is 0 Å². The molecule has 6 heteroatoms. The predicted octanol–water partition coefficient (Wildman–Crippen LogP) is 5.73. The maximum absolute atomic E-state index is 13.3. The smallest absolute Gasteiger partial charge is 0.300 e. The summed E-state index contributed by atoms with van der Waals surface area (Å²) in [6.45, 7) is 6.43. The lowest BCUT2D eigenvalue weighted by atomic mass is 9.94. The molecule has 1 aliphatic heterocycles. The quantitative estimate of drug-likeness (QED) is 0.271. The van der Waals surface area contributed by atoms with E-state index in [1.165, 1.54) is 4.90 Å². The molecule has 1 fully saturated rings. The summed E-state index contributed by atoms with van der Waals surface area (Å²) in [4.78, 5) is 28.1. The summed E-state index contributed by atoms with van der Waals surface area (Å²) in [5.41, 5.74) is 3.56. The van der Waals surface area contributed by atoms with Crippen molar-refractivity contribution in [3.05, 3.63) is 94.6 Å². The van der Waals surface area contributed by atoms with Crippen molar-refractivity contribution in [2.75, 3.05) is 18.6 Å². The van der Waals surface area contributed by atoms with Gasteiger partial charge in [0.05, 0.1) is 25.3 Å². The number of rotatable bonds is 7. The first kappa shape index (κ1) is 24.1. The molecule has 0 aliphatic carbocycles. The second-order valence-corrected chi connectivity index (χ2v) is 8.61. The van der Waals surface area contributed by atoms with Crippen molar-refractivity contribution < 1.29 is 24.2 Å². The van der Waals surface area contributed by atoms with Gasteiger partial charge in [0.15, 0.2) is 0 Å². The molecule has 35 heavy (non-hydrogen) atoms. The average Bonchev–Trinajstić information content (AvgIpc) is 3.13. The van der Waals surface area contributed by atoms with Gasteiger partial charge in [-0.1, -0.05) is 31.2 Å². The Morgan fingerprint density at radius 2 is 1.74 bits per heavy atom. The molecule has 1 unspecified atom stereocenters. The van der Waals surface area contributed by atoms with Gasteiger partial charge in [-0.25, -0.2) is 0 Å². The van der Waals surface area contributed by atoms with Crippen molar-refractivity contribution in [3.8, 4) is 11.5 Å². The molecule has 180 valence electrons. The molecule has 0 saturated carbocycles. The standard InChI is InChI=1S/C29H29NO5/c1-5-15-35-24-14-11-21(17-19(24)3)27(31)25-26(20-9-12-23(34-4)13-10-20)30(29(33)28(25)32)22-8-6-7-18(2)16-22/h6-14,16-17,26,31H,5,15H2,1-4H3/b27-25-. The molecule has 0 bridgehead atoms. The lowest BCUT2D eigenvalue weighted by Crippen LogP contribution is -2.29. The number of aliphatic hydroxyl groups is 1. The molecule has 1 heterocycles. The van der Waals surface area contributed by atoms with E-state index in [1.54, 1.807) is 55.6 Å². The van der Waals surface area contributed by atoms with Crippen LogP contribution in [0.25, 0.3) is 5.76 Å². The highest BCUT2D eigenvalue weighted by atomic mass is 16.5. The van der Waals surface area contributed by atoms with Crippen LogP contribution in [0.4, 0.5) is 5.69 Å². The Balaban J connectivity index is 1.87. The van der Waals surface area contributed by atoms with Gasteiger partial charge in [0, 0.05) is 11.3 Å². The van der Waals surface area contributed by atoms with E-state index in [0.717, 1.165) is 23.3 Å². The number of amides is 1. The Bertz CT molecular complexity index is 1290. The number of aliphatic hydroxyl groups excluding tert-OH is 1. The molecular weight excluding hydrogens is 442 g/mol. The van der Waals surface area contributed by atoms with Crippen LogP contribution in [0.1, 0.15) is 41.6 Å². The molecule has 1 atom stereocenters. The van der Waals surface area contributed by atoms with Gasteiger partial charge in [0.2, 0.25) is 0 Å². The molecule has 1 aliphatic rings. The zero-order valence-electron chi connectivity index (χ0n) is 20.4. The molecule has 4 rings (SSSR count). The second kappa shape index (κ2) is 10.1. The zero-order valence-corrected chi connectivity index (χ0v) is 20.4. The Morgan fingerprint density at radius 3 is 2.37 bits per heavy atom. The molecule has 0 radical (unpaired) electrons. The first-order valence-corrected chi connectivity index (χ1v) is 11.6. The number of ketones is 1. The minimum Gasteiger partial charge on any atom is -0.507 e. The number of methoxy groups -OCH3 is 1. The number of carbonyl (C=O) groups is 2. The molecule has 1 saturated heterocycles. The summed E-state index contributed by atoms with van der Waals surface area (Å²) in [5, 5.41) is 11.4. The Labute approximate surface area is 205 Å². The molecule has 1 amide bonds. The number of ether oxygens (including phenoxy) is 2. The summed E-state index contributed by atoms with van der Waals surface area (Å²) in [6.07, 6.45) is 0.880. The van der Waals surface area contributed by atoms with Crippen molar-refractivity contribution in [3.63, 3.8) is 0 Å². The molecule has 0 aromatic heterocycles. The highest BCUT2D eigenvalue weighted by molar-refractivity contribution is 6.51. The van der Waals surface area contributed by atoms with Crippen LogP contribution < -0.4 is 14.4 Å². The van der Waals surface area contributed by atoms with E-state index >= 15 is 0 Å². The van der Waals surface area contributed by atoms with Gasteiger partial charge >= 0.3 is 0 Å². The van der Waals surface area contributed by atoms with E-state index in [4.69, 9.17) is 9.47 Å². The van der Waals surface area contributed by atoms with Crippen molar-refractivity contribution in [2.24, 2.45) is 0 Å². The maximum Gasteiger partial charge on any atom is 0.300 e. The van der Waals surface area contributed by atoms with E-state index in [-0.39, 0.29) is 11.3 Å². The number of carbonyl (C=O) groups excluding carboxylic acids is 2. The normalized spacial score (nSPS) is 17.0. The Morgan fingerprint density at radius 1 is 1.00 bits per heavy atom. The number of benzene rings is 3. The molecular formula is C29H29NO5. The highest BCUT2D eigenvalue weighted by Crippen LogP contribution is 2.43. The first-order chi connectivity index (χ1) is 16.8. The van der Waals surface area contributed by atoms with Gasteiger partial charge in [-0.15, -0.1) is 0 Å². The van der Waals surface area contributed by atoms with Crippen molar-refractivity contribution in [2.45, 2.75) is 33.2 Å². The zero-order chi connectivity index (χ0) is 25.1. The van der Waals surface area contributed by atoms with E-state index in [0.29, 0.717) is 29.2 Å². The molecule has 6 nitrogen and oxygen atoms in total. The van der Waals surface area contributed by atoms with Crippen LogP contribution in [0.5, 0.6) is 11.5 Å². The van der Waals surface area contributed by atoms with Gasteiger partial charge < -0.3 is 14.6 Å². The van der Waals surface area contributed by atoms with Crippen LogP contribution in [-0.2, 0) is 9.59 Å². The van der Waals surface area contributed by atoms with E-state index < -0.39 is 17.7 Å². The average molecular weight is 472 g/mol. The van der Waals surface area contributed by atoms with E-state index in [9.17, 15) is 14.7 Å². The molecule has 3 aromatic rings. The van der Waals surface area contributed by atoms with Gasteiger partial charge in [0.25, 0.3) is 11.7 Å². The number of Topliss-reactive ketones (excluding diaryl/α,β-unsaturated/α-hetero) is 1. The maximum atomic E-state index is 13.3. The predicted molar refractivity (Wildman–Crippen MR) is 136 cm³/mol. The second-order valence-electron chi connectivity index (χ2n) is 8.61. The van der Waals surface area contributed by atoms with Gasteiger partial charge in [0.1, 0.15) is 17.3 Å². The van der Waals surface area contributed by atoms with Crippen molar-refractivity contribution in [1.82, 2.24) is 0 Å². The summed E-state index contributed by atoms with van der Waals surface area (Å²) in [5.74, 6) is -0.259. The lowest BCUT2D eigenvalue weighted by molar-refractivity contribution is -0.132. The molecule has 0 spiro atoms. The van der Waals surface area contributed by atoms with Crippen LogP contribution in [0.15, 0.2) is 72.3 Å². The Hall–Kier alpha value is -4.06. The summed E-state index contributed by atoms with van der Waals surface area (Å²) >= 11 is 0. The minimum absolute atomic E-state index is 0.0447. The third kappa shape index (κ3) is 4.64. The third-order valence-electron chi connectivity index (χ3n) is 6.07. The topological polar surface area (TPSA) is 76.1 Å². The van der Waals surface area contributed by atoms with Crippen molar-refractivity contribution in [1.29, 1.82) is 0 Å². The fraction of sp³-hybridized carbons (Fsp3) is 0.241. The number of aryl methyl sites for hydroxylation is 2. The minimum atomic E-state index is -0.793. The van der Waals surface area contributed by atoms with Crippen molar-refractivity contribution >= 4 is 23.1 Å². The number of hydrogen-bond acceptors (Lipinski definition) is 5. The van der Waals surface area contributed by atoms with Crippen LogP contribution in [0, 0.1) is 13.8 Å². The summed E-state index contributed by atoms with van der Waals surface area (Å²) in [7, 11) is 1.57. The molecule has 3 aromatic carbocycles. The third-order valence-corrected chi connectivity index (χ3v) is 6.07. The van der Waals surface area contributed by atoms with Crippen LogP contribution in [0.3, 0.4) is 0 Å². The SMILES string of the molecule is CCCOc1ccc(/C(O)=C2/C(=O)C(=O)N(c3cccc(C)c3)C2c2ccc(OC)cc2)cc1C. The lowest BCUT2D eigenvalue weighted by Gasteiger charge is -2.26. The fourth-order valence-corrected chi connectivity index (χ4v) is 4.30. The summed E-state index contributed by atoms with van der Waals surface area (Å²) < 4.78 is 11.0. The molecule has 1 N–H and O–H groups in total. The van der Waals surface area contributed by atoms with E-state index in [1.807, 2.05) is 39.0 Å². The van der Waals surface area contributed by atoms with Crippen LogP contribution in [0.2, 0.25) is 0 Å². The Kier molecular flexibility index (Phi) is 6.92. The van der Waals surface area contributed by atoms with Crippen LogP contribution >= 0.6 is 0 Å². The highest BCUT2D eigenvalue weighted by Gasteiger charge is 2.47. The van der Waals surface area contributed by atoms with Crippen LogP contribution in [-0.4, -0.2) is 30.5 Å². The van der Waals surface area contributed by atoms with Gasteiger partial charge in [-0.2, -0.15) is 0 Å². The number of anilines is 1. The monoisotopic (exact) mass is 471 g/mol. The number of nitrogens with zero attached hydrogens (tertiary/aromatic N) is 1. The largest absolute Gasteiger partial charge is 0.507 e. The fourth-order valence-electron chi connectivity index (χ4n) is 4.30. The van der Waals surface area contributed by atoms with Gasteiger partial charge in [-0.3, -0.25) is 14.5 Å².